The summed E-state index contributed by atoms with van der Waals surface area (Å²) in [6.07, 6.45) is 6.97. The molecule has 0 amide bonds. The van der Waals surface area contributed by atoms with Gasteiger partial charge in [0.15, 0.2) is 0 Å². The second-order valence-electron chi connectivity index (χ2n) is 6.27. The summed E-state index contributed by atoms with van der Waals surface area (Å²) in [6, 6.07) is 0. The van der Waals surface area contributed by atoms with E-state index < -0.39 is 0 Å². The normalized spacial score (nSPS) is 38.1. The Hall–Kier alpha value is -0.590. The first kappa shape index (κ1) is 9.62. The Balaban J connectivity index is 1.99. The zero-order chi connectivity index (χ0) is 10.6. The topological polar surface area (TPSA) is 17.1 Å². The van der Waals surface area contributed by atoms with Crippen LogP contribution in [0.25, 0.3) is 0 Å². The molecule has 0 N–H and O–H groups in total. The number of carbonyl (C=O) groups is 1. The monoisotopic (exact) mass is 204 g/mol. The highest BCUT2D eigenvalue weighted by Gasteiger charge is 2.47. The van der Waals surface area contributed by atoms with Crippen molar-refractivity contribution >= 4 is 5.78 Å². The first-order chi connectivity index (χ1) is 7.08. The summed E-state index contributed by atoms with van der Waals surface area (Å²) in [6.45, 7) is 4.76. The van der Waals surface area contributed by atoms with Crippen molar-refractivity contribution in [1.29, 1.82) is 0 Å². The number of allylic oxidation sites excluding steroid dienone is 2. The maximum atomic E-state index is 11.5. The third-order valence-corrected chi connectivity index (χ3v) is 4.78. The summed E-state index contributed by atoms with van der Waals surface area (Å²) in [4.78, 5) is 11.5. The van der Waals surface area contributed by atoms with Crippen LogP contribution in [0.5, 0.6) is 0 Å². The lowest BCUT2D eigenvalue weighted by Crippen LogP contribution is -2.23. The molecular weight excluding hydrogens is 184 g/mol. The summed E-state index contributed by atoms with van der Waals surface area (Å²) < 4.78 is 0. The van der Waals surface area contributed by atoms with Crippen LogP contribution in [0, 0.1) is 17.3 Å². The summed E-state index contributed by atoms with van der Waals surface area (Å²) in [5.74, 6) is 1.85. The smallest absolute Gasteiger partial charge is 0.133 e. The number of fused-ring (bicyclic) bond motifs is 2. The van der Waals surface area contributed by atoms with Gasteiger partial charge in [0, 0.05) is 12.8 Å². The van der Waals surface area contributed by atoms with Crippen LogP contribution in [-0.2, 0) is 4.79 Å². The van der Waals surface area contributed by atoms with Crippen molar-refractivity contribution < 1.29 is 4.79 Å². The van der Waals surface area contributed by atoms with Crippen molar-refractivity contribution in [2.75, 3.05) is 0 Å². The average molecular weight is 204 g/mol. The Bertz CT molecular complexity index is 348. The van der Waals surface area contributed by atoms with E-state index in [4.69, 9.17) is 0 Å². The highest BCUT2D eigenvalue weighted by molar-refractivity contribution is 5.82. The molecule has 0 spiro atoms. The van der Waals surface area contributed by atoms with Gasteiger partial charge < -0.3 is 0 Å². The Morgan fingerprint density at radius 2 is 2.00 bits per heavy atom. The minimum atomic E-state index is 0.387. The number of Topliss-reactive ketones (excluding diaryl/α,β-unsaturated/α-hetero) is 1. The van der Waals surface area contributed by atoms with E-state index in [1.54, 1.807) is 11.1 Å². The molecule has 0 aliphatic heterocycles. The number of hydrogen-bond acceptors (Lipinski definition) is 1. The van der Waals surface area contributed by atoms with E-state index in [-0.39, 0.29) is 0 Å². The molecule has 82 valence electrons. The highest BCUT2D eigenvalue weighted by Crippen LogP contribution is 2.56. The molecule has 0 aromatic carbocycles. The summed E-state index contributed by atoms with van der Waals surface area (Å²) in [5, 5.41) is 0. The van der Waals surface area contributed by atoms with Crippen LogP contribution in [-0.4, -0.2) is 5.78 Å². The van der Waals surface area contributed by atoms with Crippen LogP contribution in [0.1, 0.15) is 52.4 Å². The maximum Gasteiger partial charge on any atom is 0.133 e. The first-order valence-electron chi connectivity index (χ1n) is 6.32. The maximum absolute atomic E-state index is 11.5. The van der Waals surface area contributed by atoms with Gasteiger partial charge in [0.1, 0.15) is 5.78 Å². The molecule has 0 saturated heterocycles. The molecule has 2 atom stereocenters. The Morgan fingerprint density at radius 1 is 1.20 bits per heavy atom. The summed E-state index contributed by atoms with van der Waals surface area (Å²) in [5.41, 5.74) is 3.82. The quantitative estimate of drug-likeness (QED) is 0.552. The van der Waals surface area contributed by atoms with Crippen molar-refractivity contribution in [3.8, 4) is 0 Å². The second kappa shape index (κ2) is 2.96. The third-order valence-electron chi connectivity index (χ3n) is 4.78. The molecule has 1 nitrogen and oxygen atoms in total. The van der Waals surface area contributed by atoms with Crippen LogP contribution in [0.15, 0.2) is 11.1 Å². The van der Waals surface area contributed by atoms with Gasteiger partial charge in [-0.25, -0.2) is 0 Å². The molecule has 0 heterocycles. The van der Waals surface area contributed by atoms with E-state index in [0.717, 1.165) is 12.8 Å². The van der Waals surface area contributed by atoms with Crippen molar-refractivity contribution in [3.05, 3.63) is 11.1 Å². The summed E-state index contributed by atoms with van der Waals surface area (Å²) in [7, 11) is 0. The van der Waals surface area contributed by atoms with Gasteiger partial charge in [-0.15, -0.1) is 0 Å². The molecule has 0 aromatic heterocycles. The molecule has 1 saturated carbocycles. The second-order valence-corrected chi connectivity index (χ2v) is 6.27. The van der Waals surface area contributed by atoms with E-state index >= 15 is 0 Å². The lowest BCUT2D eigenvalue weighted by Gasteiger charge is -2.35. The molecule has 3 aliphatic carbocycles. The average Bonchev–Trinajstić information content (AvgIpc) is 2.58. The van der Waals surface area contributed by atoms with Crippen molar-refractivity contribution in [2.24, 2.45) is 17.3 Å². The largest absolute Gasteiger partial charge is 0.300 e. The van der Waals surface area contributed by atoms with E-state index in [0.29, 0.717) is 23.0 Å². The zero-order valence-electron chi connectivity index (χ0n) is 9.81. The fourth-order valence-electron chi connectivity index (χ4n) is 4.27. The first-order valence-corrected chi connectivity index (χ1v) is 6.32. The standard InChI is InChI=1S/C14H20O/c1-14(2)5-3-4-9-6-10-7-11(15)8-12(10)13(9)14/h10,12H,3-8H2,1-2H3. The van der Waals surface area contributed by atoms with Gasteiger partial charge >= 0.3 is 0 Å². The van der Waals surface area contributed by atoms with Crippen molar-refractivity contribution in [1.82, 2.24) is 0 Å². The van der Waals surface area contributed by atoms with Gasteiger partial charge in [-0.05, 0) is 42.9 Å². The predicted octanol–water partition coefficient (Wildman–Crippen LogP) is 3.49. The SMILES string of the molecule is CC1(C)CCCC2=C1C1CC(=O)CC1C2. The minimum Gasteiger partial charge on any atom is -0.300 e. The summed E-state index contributed by atoms with van der Waals surface area (Å²) >= 11 is 0. The molecule has 3 rings (SSSR count). The zero-order valence-corrected chi connectivity index (χ0v) is 9.81. The van der Waals surface area contributed by atoms with E-state index in [1.165, 1.54) is 25.7 Å². The molecule has 3 aliphatic rings. The van der Waals surface area contributed by atoms with Crippen LogP contribution in [0.4, 0.5) is 0 Å². The molecule has 15 heavy (non-hydrogen) atoms. The molecular formula is C14H20O. The predicted molar refractivity (Wildman–Crippen MR) is 60.5 cm³/mol. The van der Waals surface area contributed by atoms with Gasteiger partial charge in [-0.3, -0.25) is 4.79 Å². The van der Waals surface area contributed by atoms with E-state index in [9.17, 15) is 4.79 Å². The lowest BCUT2D eigenvalue weighted by molar-refractivity contribution is -0.117. The van der Waals surface area contributed by atoms with E-state index in [2.05, 4.69) is 13.8 Å². The number of carbonyl (C=O) groups excluding carboxylic acids is 1. The van der Waals surface area contributed by atoms with Gasteiger partial charge in [0.05, 0.1) is 0 Å². The molecule has 1 fully saturated rings. The molecule has 0 bridgehead atoms. The van der Waals surface area contributed by atoms with Gasteiger partial charge in [-0.2, -0.15) is 0 Å². The van der Waals surface area contributed by atoms with Crippen molar-refractivity contribution in [2.45, 2.75) is 52.4 Å². The number of ketones is 1. The number of rotatable bonds is 0. The van der Waals surface area contributed by atoms with Crippen LogP contribution < -0.4 is 0 Å². The third kappa shape index (κ3) is 1.32. The van der Waals surface area contributed by atoms with Gasteiger partial charge in [0.25, 0.3) is 0 Å². The number of hydrogen-bond donors (Lipinski definition) is 0. The molecule has 0 aromatic rings. The van der Waals surface area contributed by atoms with Crippen LogP contribution >= 0.6 is 0 Å². The van der Waals surface area contributed by atoms with Gasteiger partial charge in [0.2, 0.25) is 0 Å². The lowest BCUT2D eigenvalue weighted by atomic mass is 9.70. The molecule has 2 unspecified atom stereocenters. The fourth-order valence-corrected chi connectivity index (χ4v) is 4.27. The Kier molecular flexibility index (Phi) is 1.90. The molecule has 1 heteroatoms. The van der Waals surface area contributed by atoms with Crippen molar-refractivity contribution in [3.63, 3.8) is 0 Å². The molecule has 0 radical (unpaired) electrons. The van der Waals surface area contributed by atoms with Gasteiger partial charge in [-0.1, -0.05) is 25.0 Å². The van der Waals surface area contributed by atoms with Crippen LogP contribution in [0.3, 0.4) is 0 Å². The fraction of sp³-hybridized carbons (Fsp3) is 0.786. The minimum absolute atomic E-state index is 0.387. The van der Waals surface area contributed by atoms with E-state index in [1.807, 2.05) is 0 Å². The highest BCUT2D eigenvalue weighted by atomic mass is 16.1. The van der Waals surface area contributed by atoms with Crippen LogP contribution in [0.2, 0.25) is 0 Å². The Labute approximate surface area is 91.9 Å². The Morgan fingerprint density at radius 3 is 2.80 bits per heavy atom.